The number of carboxylic acids is 1. The summed E-state index contributed by atoms with van der Waals surface area (Å²) in [5.74, 6) is -54.1. The molecule has 0 unspecified atom stereocenters. The Morgan fingerprint density at radius 1 is 0.622 bits per heavy atom. The molecule has 0 aromatic rings. The van der Waals surface area contributed by atoms with Crippen molar-refractivity contribution in [2.24, 2.45) is 0 Å². The fourth-order valence-corrected chi connectivity index (χ4v) is 3.83. The van der Waals surface area contributed by atoms with Crippen LogP contribution in [0, 0.1) is 0 Å². The van der Waals surface area contributed by atoms with Crippen LogP contribution in [0.3, 0.4) is 0 Å². The minimum absolute atomic E-state index is 0.691. The van der Waals surface area contributed by atoms with E-state index in [4.69, 9.17) is 5.11 Å². The molecule has 5 nitrogen and oxygen atoms in total. The Morgan fingerprint density at radius 2 is 0.946 bits per heavy atom. The zero-order valence-corrected chi connectivity index (χ0v) is 18.1. The molecule has 0 atom stereocenters. The molecule has 0 aromatic carbocycles. The molecule has 0 saturated heterocycles. The molecule has 222 valence electrons. The SMILES string of the molecule is CCCN(CCC(=O)O)S(=O)(=O)C(F)(F)C(F)(F)C(F)(F)C(F)(F)C(F)(F)C(F)(F)C(F)(F)C(F)(F)F. The van der Waals surface area contributed by atoms with Gasteiger partial charge in [0.2, 0.25) is 0 Å². The van der Waals surface area contributed by atoms with Gasteiger partial charge in [-0.25, -0.2) is 8.42 Å². The first-order valence-electron chi connectivity index (χ1n) is 8.80. The van der Waals surface area contributed by atoms with E-state index in [0.717, 1.165) is 6.92 Å². The molecule has 0 spiro atoms. The highest BCUT2D eigenvalue weighted by Crippen LogP contribution is 2.64. The molecular weight excluding hydrogens is 601 g/mol. The van der Waals surface area contributed by atoms with E-state index < -0.39 is 93.2 Å². The second kappa shape index (κ2) is 9.74. The van der Waals surface area contributed by atoms with E-state index in [2.05, 4.69) is 0 Å². The normalized spacial score (nSPS) is 15.9. The van der Waals surface area contributed by atoms with Crippen molar-refractivity contribution < 1.29 is 93.0 Å². The molecule has 0 saturated carbocycles. The minimum Gasteiger partial charge on any atom is -0.481 e. The third kappa shape index (κ3) is 5.00. The number of halogens is 17. The van der Waals surface area contributed by atoms with Crippen LogP contribution >= 0.6 is 0 Å². The van der Waals surface area contributed by atoms with Gasteiger partial charge in [0, 0.05) is 13.1 Å². The van der Waals surface area contributed by atoms with Crippen LogP contribution in [0.5, 0.6) is 0 Å². The van der Waals surface area contributed by atoms with E-state index in [9.17, 15) is 87.8 Å². The van der Waals surface area contributed by atoms with Gasteiger partial charge in [-0.05, 0) is 6.42 Å². The Morgan fingerprint density at radius 3 is 1.24 bits per heavy atom. The number of carboxylic acid groups (broad SMARTS) is 1. The fraction of sp³-hybridized carbons (Fsp3) is 0.929. The molecular formula is C14H12F17NO4S. The van der Waals surface area contributed by atoms with E-state index in [1.807, 2.05) is 0 Å². The molecule has 23 heteroatoms. The number of sulfonamides is 1. The van der Waals surface area contributed by atoms with Crippen molar-refractivity contribution in [1.82, 2.24) is 4.31 Å². The Labute approximate surface area is 194 Å². The van der Waals surface area contributed by atoms with Crippen molar-refractivity contribution >= 4 is 16.0 Å². The van der Waals surface area contributed by atoms with Crippen molar-refractivity contribution in [2.75, 3.05) is 13.1 Å². The number of hydrogen-bond donors (Lipinski definition) is 1. The third-order valence-electron chi connectivity index (χ3n) is 4.41. The lowest BCUT2D eigenvalue weighted by Gasteiger charge is -2.43. The second-order valence-corrected chi connectivity index (χ2v) is 8.99. The van der Waals surface area contributed by atoms with Gasteiger partial charge < -0.3 is 5.11 Å². The third-order valence-corrected chi connectivity index (χ3v) is 6.35. The van der Waals surface area contributed by atoms with Crippen LogP contribution in [0.15, 0.2) is 0 Å². The maximum atomic E-state index is 14.1. The molecule has 0 heterocycles. The molecule has 0 amide bonds. The Kier molecular flexibility index (Phi) is 9.26. The smallest absolute Gasteiger partial charge is 0.460 e. The zero-order valence-electron chi connectivity index (χ0n) is 17.3. The van der Waals surface area contributed by atoms with Gasteiger partial charge in [0.25, 0.3) is 10.0 Å². The van der Waals surface area contributed by atoms with Gasteiger partial charge in [-0.1, -0.05) is 6.92 Å². The molecule has 37 heavy (non-hydrogen) atoms. The summed E-state index contributed by atoms with van der Waals surface area (Å²) >= 11 is 0. The van der Waals surface area contributed by atoms with E-state index >= 15 is 0 Å². The monoisotopic (exact) mass is 613 g/mol. The number of rotatable bonds is 13. The van der Waals surface area contributed by atoms with Crippen LogP contribution < -0.4 is 0 Å². The second-order valence-electron chi connectivity index (χ2n) is 7.01. The minimum atomic E-state index is -8.92. The Balaban J connectivity index is 7.01. The average molecular weight is 613 g/mol. The Bertz CT molecular complexity index is 944. The summed E-state index contributed by atoms with van der Waals surface area (Å²) in [5.41, 5.74) is 0. The lowest BCUT2D eigenvalue weighted by molar-refractivity contribution is -0.458. The molecule has 0 aliphatic heterocycles. The average Bonchev–Trinajstić information content (AvgIpc) is 2.68. The highest BCUT2D eigenvalue weighted by atomic mass is 32.2. The maximum absolute atomic E-state index is 14.1. The van der Waals surface area contributed by atoms with E-state index in [1.54, 1.807) is 0 Å². The standard InChI is InChI=1S/C14H12F17NO4S/c1-2-4-32(5-3-6(33)34)37(35,36)14(30,31)12(25,26)10(21,22)8(17,18)7(15,16)9(19,20)11(23,24)13(27,28)29/h2-5H2,1H3,(H,33,34). The predicted octanol–water partition coefficient (Wildman–Crippen LogP) is 5.47. The summed E-state index contributed by atoms with van der Waals surface area (Å²) in [7, 11) is -7.48. The number of aliphatic carboxylic acids is 1. The van der Waals surface area contributed by atoms with Gasteiger partial charge in [-0.3, -0.25) is 4.79 Å². The number of alkyl halides is 17. The van der Waals surface area contributed by atoms with Crippen LogP contribution in [0.25, 0.3) is 0 Å². The summed E-state index contributed by atoms with van der Waals surface area (Å²) in [6.45, 7) is -2.29. The highest BCUT2D eigenvalue weighted by Gasteiger charge is 2.96. The lowest BCUT2D eigenvalue weighted by atomic mass is 9.91. The molecule has 0 radical (unpaired) electrons. The van der Waals surface area contributed by atoms with Crippen molar-refractivity contribution in [2.45, 2.75) is 66.7 Å². The molecule has 0 aliphatic carbocycles. The van der Waals surface area contributed by atoms with Crippen LogP contribution in [0.4, 0.5) is 74.6 Å². The summed E-state index contributed by atoms with van der Waals surface area (Å²) in [6, 6.07) is 0. The molecule has 1 N–H and O–H groups in total. The molecule has 0 rings (SSSR count). The molecule has 0 fully saturated rings. The van der Waals surface area contributed by atoms with Crippen LogP contribution in [-0.2, 0) is 14.8 Å². The van der Waals surface area contributed by atoms with Gasteiger partial charge in [0.05, 0.1) is 6.42 Å². The van der Waals surface area contributed by atoms with E-state index in [1.165, 1.54) is 0 Å². The van der Waals surface area contributed by atoms with Crippen molar-refractivity contribution in [3.8, 4) is 0 Å². The Hall–Kier alpha value is -1.81. The molecule has 0 aliphatic rings. The summed E-state index contributed by atoms with van der Waals surface area (Å²) < 4.78 is 248. The first kappa shape index (κ1) is 35.2. The fourth-order valence-electron chi connectivity index (χ4n) is 2.30. The highest BCUT2D eigenvalue weighted by molar-refractivity contribution is 7.90. The first-order valence-corrected chi connectivity index (χ1v) is 10.2. The van der Waals surface area contributed by atoms with Gasteiger partial charge >= 0.3 is 52.9 Å². The summed E-state index contributed by atoms with van der Waals surface area (Å²) in [4.78, 5) is 10.5. The first-order chi connectivity index (χ1) is 15.9. The molecule has 0 bridgehead atoms. The number of carbonyl (C=O) groups is 1. The van der Waals surface area contributed by atoms with Crippen LogP contribution in [-0.4, -0.2) is 83.9 Å². The van der Waals surface area contributed by atoms with E-state index in [-0.39, 0.29) is 0 Å². The molecule has 0 aromatic heterocycles. The quantitative estimate of drug-likeness (QED) is 0.280. The predicted molar refractivity (Wildman–Crippen MR) is 83.7 cm³/mol. The van der Waals surface area contributed by atoms with Crippen molar-refractivity contribution in [3.05, 3.63) is 0 Å². The van der Waals surface area contributed by atoms with Crippen molar-refractivity contribution in [3.63, 3.8) is 0 Å². The lowest BCUT2D eigenvalue weighted by Crippen LogP contribution is -2.75. The largest absolute Gasteiger partial charge is 0.481 e. The topological polar surface area (TPSA) is 74.7 Å². The zero-order chi connectivity index (χ0) is 30.5. The summed E-state index contributed by atoms with van der Waals surface area (Å²) in [5, 5.41) is 0.716. The van der Waals surface area contributed by atoms with E-state index in [0.29, 0.717) is 0 Å². The van der Waals surface area contributed by atoms with Crippen LogP contribution in [0.1, 0.15) is 19.8 Å². The van der Waals surface area contributed by atoms with Gasteiger partial charge in [0.1, 0.15) is 0 Å². The summed E-state index contributed by atoms with van der Waals surface area (Å²) in [6.07, 6.45) is -10.1. The van der Waals surface area contributed by atoms with Crippen molar-refractivity contribution in [1.29, 1.82) is 0 Å². The number of nitrogens with zero attached hydrogens (tertiary/aromatic N) is 1. The maximum Gasteiger partial charge on any atom is 0.460 e. The van der Waals surface area contributed by atoms with Gasteiger partial charge in [-0.15, -0.1) is 0 Å². The van der Waals surface area contributed by atoms with Gasteiger partial charge in [-0.2, -0.15) is 78.9 Å². The van der Waals surface area contributed by atoms with Gasteiger partial charge in [0.15, 0.2) is 0 Å². The number of hydrogen-bond acceptors (Lipinski definition) is 3. The van der Waals surface area contributed by atoms with Crippen LogP contribution in [0.2, 0.25) is 0 Å².